The van der Waals surface area contributed by atoms with Gasteiger partial charge in [-0.1, -0.05) is 13.8 Å². The Balaban J connectivity index is 2.52. The number of hydrogen-bond acceptors (Lipinski definition) is 3. The minimum atomic E-state index is -0.325. The van der Waals surface area contributed by atoms with Crippen LogP contribution in [0.4, 0.5) is 0 Å². The van der Waals surface area contributed by atoms with Crippen LogP contribution in [-0.4, -0.2) is 41.7 Å². The first kappa shape index (κ1) is 14.5. The molecule has 3 N–H and O–H groups in total. The standard InChI is InChI=1S/C13H26N2O2/c1-9(2)6-12(7-14)13(17)15-5-4-11(8-15)10(3)16/h9-12,16H,4-8,14H2,1-3H3. The highest BCUT2D eigenvalue weighted by Gasteiger charge is 2.32. The summed E-state index contributed by atoms with van der Waals surface area (Å²) in [4.78, 5) is 14.1. The Kier molecular flexibility index (Phi) is 5.40. The molecule has 1 saturated heterocycles. The summed E-state index contributed by atoms with van der Waals surface area (Å²) in [6.07, 6.45) is 1.43. The highest BCUT2D eigenvalue weighted by atomic mass is 16.3. The van der Waals surface area contributed by atoms with Gasteiger partial charge in [0.25, 0.3) is 0 Å². The van der Waals surface area contributed by atoms with Crippen LogP contribution in [-0.2, 0) is 4.79 Å². The van der Waals surface area contributed by atoms with Crippen molar-refractivity contribution < 1.29 is 9.90 Å². The molecule has 4 nitrogen and oxygen atoms in total. The Morgan fingerprint density at radius 1 is 1.47 bits per heavy atom. The predicted molar refractivity (Wildman–Crippen MR) is 68.4 cm³/mol. The quantitative estimate of drug-likeness (QED) is 0.750. The SMILES string of the molecule is CC(C)CC(CN)C(=O)N1CCC(C(C)O)C1. The van der Waals surface area contributed by atoms with Crippen LogP contribution in [0.15, 0.2) is 0 Å². The van der Waals surface area contributed by atoms with Gasteiger partial charge in [0.15, 0.2) is 0 Å². The number of amides is 1. The van der Waals surface area contributed by atoms with Gasteiger partial charge in [0.05, 0.1) is 12.0 Å². The highest BCUT2D eigenvalue weighted by Crippen LogP contribution is 2.23. The average Bonchev–Trinajstić information content (AvgIpc) is 2.73. The Bertz CT molecular complexity index is 254. The van der Waals surface area contributed by atoms with Crippen LogP contribution in [0.1, 0.15) is 33.6 Å². The third kappa shape index (κ3) is 3.96. The van der Waals surface area contributed by atoms with E-state index in [-0.39, 0.29) is 23.8 Å². The van der Waals surface area contributed by atoms with Crippen LogP contribution < -0.4 is 5.73 Å². The van der Waals surface area contributed by atoms with E-state index in [4.69, 9.17) is 5.73 Å². The van der Waals surface area contributed by atoms with Crippen molar-refractivity contribution in [1.29, 1.82) is 0 Å². The number of carbonyl (C=O) groups is 1. The molecule has 0 bridgehead atoms. The molecule has 1 amide bonds. The lowest BCUT2D eigenvalue weighted by molar-refractivity contribution is -0.134. The second-order valence-electron chi connectivity index (χ2n) is 5.64. The molecule has 0 radical (unpaired) electrons. The molecule has 0 aromatic heterocycles. The van der Waals surface area contributed by atoms with Crippen LogP contribution in [0.5, 0.6) is 0 Å². The average molecular weight is 242 g/mol. The number of hydrogen-bond donors (Lipinski definition) is 2. The summed E-state index contributed by atoms with van der Waals surface area (Å²) >= 11 is 0. The molecule has 3 unspecified atom stereocenters. The smallest absolute Gasteiger partial charge is 0.226 e. The molecule has 4 heteroatoms. The van der Waals surface area contributed by atoms with Gasteiger partial charge in [0, 0.05) is 25.6 Å². The number of nitrogens with two attached hydrogens (primary N) is 1. The first-order chi connectivity index (χ1) is 7.95. The zero-order valence-electron chi connectivity index (χ0n) is 11.2. The molecular weight excluding hydrogens is 216 g/mol. The van der Waals surface area contributed by atoms with E-state index in [1.54, 1.807) is 6.92 Å². The van der Waals surface area contributed by atoms with Gasteiger partial charge in [-0.3, -0.25) is 4.79 Å². The zero-order chi connectivity index (χ0) is 13.0. The van der Waals surface area contributed by atoms with Gasteiger partial charge >= 0.3 is 0 Å². The van der Waals surface area contributed by atoms with E-state index in [0.717, 1.165) is 19.4 Å². The summed E-state index contributed by atoms with van der Waals surface area (Å²) < 4.78 is 0. The molecule has 1 heterocycles. The summed E-state index contributed by atoms with van der Waals surface area (Å²) in [6, 6.07) is 0. The van der Waals surface area contributed by atoms with Crippen LogP contribution in [0.25, 0.3) is 0 Å². The van der Waals surface area contributed by atoms with Crippen molar-refractivity contribution in [2.45, 2.75) is 39.7 Å². The topological polar surface area (TPSA) is 66.6 Å². The van der Waals surface area contributed by atoms with Gasteiger partial charge in [-0.25, -0.2) is 0 Å². The van der Waals surface area contributed by atoms with Gasteiger partial charge in [0.2, 0.25) is 5.91 Å². The fourth-order valence-electron chi connectivity index (χ4n) is 2.51. The monoisotopic (exact) mass is 242 g/mol. The molecule has 100 valence electrons. The molecule has 0 spiro atoms. The lowest BCUT2D eigenvalue weighted by Crippen LogP contribution is -2.39. The summed E-state index contributed by atoms with van der Waals surface area (Å²) in [5.41, 5.74) is 5.69. The first-order valence-electron chi connectivity index (χ1n) is 6.62. The minimum absolute atomic E-state index is 0.0530. The van der Waals surface area contributed by atoms with Crippen molar-refractivity contribution in [3.05, 3.63) is 0 Å². The maximum atomic E-state index is 12.2. The van der Waals surface area contributed by atoms with Crippen LogP contribution in [0.2, 0.25) is 0 Å². The van der Waals surface area contributed by atoms with Crippen molar-refractivity contribution in [2.75, 3.05) is 19.6 Å². The Morgan fingerprint density at radius 2 is 2.12 bits per heavy atom. The van der Waals surface area contributed by atoms with Crippen molar-refractivity contribution in [3.63, 3.8) is 0 Å². The molecule has 1 rings (SSSR count). The van der Waals surface area contributed by atoms with E-state index >= 15 is 0 Å². The third-order valence-electron chi connectivity index (χ3n) is 3.61. The number of likely N-dealkylation sites (tertiary alicyclic amines) is 1. The number of aliphatic hydroxyl groups is 1. The van der Waals surface area contributed by atoms with Crippen molar-refractivity contribution in [3.8, 4) is 0 Å². The lowest BCUT2D eigenvalue weighted by atomic mass is 9.96. The molecular formula is C13H26N2O2. The Hall–Kier alpha value is -0.610. The lowest BCUT2D eigenvalue weighted by Gasteiger charge is -2.24. The molecule has 1 aliphatic rings. The molecule has 17 heavy (non-hydrogen) atoms. The van der Waals surface area contributed by atoms with Crippen LogP contribution in [0, 0.1) is 17.8 Å². The minimum Gasteiger partial charge on any atom is -0.393 e. The molecule has 1 aliphatic heterocycles. The first-order valence-corrected chi connectivity index (χ1v) is 6.62. The largest absolute Gasteiger partial charge is 0.393 e. The van der Waals surface area contributed by atoms with E-state index in [9.17, 15) is 9.90 Å². The maximum Gasteiger partial charge on any atom is 0.226 e. The molecule has 0 aromatic rings. The van der Waals surface area contributed by atoms with Gasteiger partial charge in [0.1, 0.15) is 0 Å². The van der Waals surface area contributed by atoms with Gasteiger partial charge in [-0.2, -0.15) is 0 Å². The fraction of sp³-hybridized carbons (Fsp3) is 0.923. The van der Waals surface area contributed by atoms with E-state index in [1.807, 2.05) is 4.90 Å². The van der Waals surface area contributed by atoms with E-state index < -0.39 is 0 Å². The van der Waals surface area contributed by atoms with Gasteiger partial charge in [-0.15, -0.1) is 0 Å². The molecule has 0 saturated carbocycles. The van der Waals surface area contributed by atoms with Crippen LogP contribution in [0.3, 0.4) is 0 Å². The van der Waals surface area contributed by atoms with E-state index in [0.29, 0.717) is 19.0 Å². The van der Waals surface area contributed by atoms with Gasteiger partial charge < -0.3 is 15.7 Å². The van der Waals surface area contributed by atoms with Crippen molar-refractivity contribution in [2.24, 2.45) is 23.5 Å². The maximum absolute atomic E-state index is 12.2. The molecule has 0 aromatic carbocycles. The summed E-state index contributed by atoms with van der Waals surface area (Å²) in [5.74, 6) is 0.839. The summed E-state index contributed by atoms with van der Waals surface area (Å²) in [5, 5.41) is 9.53. The highest BCUT2D eigenvalue weighted by molar-refractivity contribution is 5.79. The van der Waals surface area contributed by atoms with Crippen LogP contribution >= 0.6 is 0 Å². The Labute approximate surface area is 104 Å². The van der Waals surface area contributed by atoms with E-state index in [1.165, 1.54) is 0 Å². The summed E-state index contributed by atoms with van der Waals surface area (Å²) in [6.45, 7) is 7.89. The second kappa shape index (κ2) is 6.36. The molecule has 3 atom stereocenters. The number of nitrogens with zero attached hydrogens (tertiary/aromatic N) is 1. The Morgan fingerprint density at radius 3 is 2.53 bits per heavy atom. The number of rotatable bonds is 5. The van der Waals surface area contributed by atoms with Gasteiger partial charge in [-0.05, 0) is 25.7 Å². The van der Waals surface area contributed by atoms with Crippen molar-refractivity contribution >= 4 is 5.91 Å². The normalized spacial score (nSPS) is 24.1. The zero-order valence-corrected chi connectivity index (χ0v) is 11.2. The number of aliphatic hydroxyl groups excluding tert-OH is 1. The predicted octanol–water partition coefficient (Wildman–Crippen LogP) is 0.837. The third-order valence-corrected chi connectivity index (χ3v) is 3.61. The summed E-state index contributed by atoms with van der Waals surface area (Å²) in [7, 11) is 0. The fourth-order valence-corrected chi connectivity index (χ4v) is 2.51. The molecule has 1 fully saturated rings. The second-order valence-corrected chi connectivity index (χ2v) is 5.64. The van der Waals surface area contributed by atoms with Crippen molar-refractivity contribution in [1.82, 2.24) is 4.90 Å². The van der Waals surface area contributed by atoms with E-state index in [2.05, 4.69) is 13.8 Å². The molecule has 0 aliphatic carbocycles. The number of carbonyl (C=O) groups excluding carboxylic acids is 1.